The molecule has 1 heterocycles. The van der Waals surface area contributed by atoms with Gasteiger partial charge in [0.25, 0.3) is 0 Å². The van der Waals surface area contributed by atoms with Gasteiger partial charge in [0.15, 0.2) is 0 Å². The van der Waals surface area contributed by atoms with Crippen molar-refractivity contribution in [2.45, 2.75) is 45.1 Å². The molecule has 1 fully saturated rings. The van der Waals surface area contributed by atoms with Crippen LogP contribution in [0.4, 0.5) is 4.39 Å². The summed E-state index contributed by atoms with van der Waals surface area (Å²) in [6.45, 7) is 4.36. The Labute approximate surface area is 96.1 Å². The average Bonchev–Trinajstić information content (AvgIpc) is 2.29. The first-order chi connectivity index (χ1) is 7.64. The van der Waals surface area contributed by atoms with Gasteiger partial charge in [0.2, 0.25) is 0 Å². The Hall–Kier alpha value is -0.960. The highest BCUT2D eigenvalue weighted by atomic mass is 19.1. The molecule has 0 saturated heterocycles. The number of halogens is 1. The van der Waals surface area contributed by atoms with E-state index in [0.29, 0.717) is 5.92 Å². The molecule has 1 aliphatic rings. The minimum Gasteiger partial charge on any atom is -0.327 e. The molecule has 0 aromatic carbocycles. The zero-order chi connectivity index (χ0) is 11.8. The molecule has 0 spiro atoms. The van der Waals surface area contributed by atoms with Crippen molar-refractivity contribution in [3.05, 3.63) is 29.8 Å². The second-order valence-corrected chi connectivity index (χ2v) is 4.74. The summed E-state index contributed by atoms with van der Waals surface area (Å²) in [4.78, 5) is 4.20. The van der Waals surface area contributed by atoms with Gasteiger partial charge in [0.05, 0.1) is 6.20 Å². The normalized spacial score (nSPS) is 27.5. The highest BCUT2D eigenvalue weighted by Crippen LogP contribution is 2.55. The van der Waals surface area contributed by atoms with E-state index in [1.54, 1.807) is 6.07 Å². The molecule has 0 aliphatic heterocycles. The topological polar surface area (TPSA) is 38.9 Å². The van der Waals surface area contributed by atoms with E-state index in [0.717, 1.165) is 25.0 Å². The van der Waals surface area contributed by atoms with E-state index in [-0.39, 0.29) is 17.3 Å². The number of pyridine rings is 1. The molecule has 3 heteroatoms. The molecule has 2 atom stereocenters. The van der Waals surface area contributed by atoms with E-state index in [1.807, 2.05) is 0 Å². The van der Waals surface area contributed by atoms with E-state index in [2.05, 4.69) is 18.8 Å². The molecule has 0 radical (unpaired) electrons. The fraction of sp³-hybridized carbons (Fsp3) is 0.615. The minimum atomic E-state index is -0.272. The molecule has 1 saturated carbocycles. The second kappa shape index (κ2) is 4.13. The summed E-state index contributed by atoms with van der Waals surface area (Å²) >= 11 is 0. The Kier molecular flexibility index (Phi) is 2.98. The lowest BCUT2D eigenvalue weighted by atomic mass is 9.53. The molecule has 2 rings (SSSR count). The predicted octanol–water partition coefficient (Wildman–Crippen LogP) is 2.84. The van der Waals surface area contributed by atoms with Gasteiger partial charge >= 0.3 is 0 Å². The van der Waals surface area contributed by atoms with Gasteiger partial charge in [0, 0.05) is 17.7 Å². The molecular weight excluding hydrogens is 203 g/mol. The van der Waals surface area contributed by atoms with Crippen molar-refractivity contribution in [1.29, 1.82) is 0 Å². The van der Waals surface area contributed by atoms with Crippen molar-refractivity contribution >= 4 is 0 Å². The number of rotatable bonds is 3. The Morgan fingerprint density at radius 2 is 2.12 bits per heavy atom. The first-order valence-corrected chi connectivity index (χ1v) is 6.01. The Balaban J connectivity index is 2.26. The van der Waals surface area contributed by atoms with Crippen molar-refractivity contribution in [1.82, 2.24) is 4.98 Å². The summed E-state index contributed by atoms with van der Waals surface area (Å²) in [6.07, 6.45) is 4.40. The van der Waals surface area contributed by atoms with Gasteiger partial charge in [-0.3, -0.25) is 4.98 Å². The molecule has 1 aromatic rings. The van der Waals surface area contributed by atoms with Crippen LogP contribution in [0, 0.1) is 11.2 Å². The van der Waals surface area contributed by atoms with E-state index >= 15 is 0 Å². The smallest absolute Gasteiger partial charge is 0.141 e. The molecule has 1 aromatic heterocycles. The van der Waals surface area contributed by atoms with Gasteiger partial charge in [-0.15, -0.1) is 0 Å². The van der Waals surface area contributed by atoms with E-state index in [1.165, 1.54) is 12.3 Å². The standard InChI is InChI=1S/C13H19FN2/c1-3-13(4-2)10(7-12(13)15)11-6-5-9(14)8-16-11/h5-6,8,10,12H,3-4,7,15H2,1-2H3. The van der Waals surface area contributed by atoms with E-state index < -0.39 is 0 Å². The van der Waals surface area contributed by atoms with Crippen LogP contribution in [0.25, 0.3) is 0 Å². The summed E-state index contributed by atoms with van der Waals surface area (Å²) in [5.74, 6) is 0.129. The SMILES string of the molecule is CCC1(CC)C(N)CC1c1ccc(F)cn1. The first kappa shape index (κ1) is 11.5. The minimum absolute atomic E-state index is 0.171. The maximum absolute atomic E-state index is 12.8. The third-order valence-corrected chi connectivity index (χ3v) is 4.35. The first-order valence-electron chi connectivity index (χ1n) is 6.01. The molecule has 2 N–H and O–H groups in total. The van der Waals surface area contributed by atoms with Crippen molar-refractivity contribution in [3.63, 3.8) is 0 Å². The largest absolute Gasteiger partial charge is 0.327 e. The third-order valence-electron chi connectivity index (χ3n) is 4.35. The lowest BCUT2D eigenvalue weighted by Gasteiger charge is -2.54. The lowest BCUT2D eigenvalue weighted by Crippen LogP contribution is -2.56. The highest BCUT2D eigenvalue weighted by molar-refractivity contribution is 5.22. The molecule has 1 aliphatic carbocycles. The van der Waals surface area contributed by atoms with E-state index in [9.17, 15) is 4.39 Å². The number of aromatic nitrogens is 1. The van der Waals surface area contributed by atoms with Crippen LogP contribution >= 0.6 is 0 Å². The van der Waals surface area contributed by atoms with Crippen LogP contribution in [0.5, 0.6) is 0 Å². The van der Waals surface area contributed by atoms with Crippen molar-refractivity contribution in [2.24, 2.45) is 11.1 Å². The number of hydrogen-bond acceptors (Lipinski definition) is 2. The van der Waals surface area contributed by atoms with Gasteiger partial charge in [0.1, 0.15) is 5.82 Å². The predicted molar refractivity (Wildman–Crippen MR) is 62.5 cm³/mol. The third kappa shape index (κ3) is 1.54. The van der Waals surface area contributed by atoms with Gasteiger partial charge in [-0.2, -0.15) is 0 Å². The molecule has 2 nitrogen and oxygen atoms in total. The molecule has 16 heavy (non-hydrogen) atoms. The van der Waals surface area contributed by atoms with Gasteiger partial charge in [-0.25, -0.2) is 4.39 Å². The van der Waals surface area contributed by atoms with Crippen molar-refractivity contribution in [3.8, 4) is 0 Å². The van der Waals surface area contributed by atoms with Crippen LogP contribution in [0.15, 0.2) is 18.3 Å². The van der Waals surface area contributed by atoms with Crippen LogP contribution in [0.1, 0.15) is 44.7 Å². The fourth-order valence-electron chi connectivity index (χ4n) is 3.10. The molecule has 88 valence electrons. The summed E-state index contributed by atoms with van der Waals surface area (Å²) < 4.78 is 12.8. The lowest BCUT2D eigenvalue weighted by molar-refractivity contribution is 0.0413. The van der Waals surface area contributed by atoms with Gasteiger partial charge in [-0.1, -0.05) is 13.8 Å². The van der Waals surface area contributed by atoms with Gasteiger partial charge in [-0.05, 0) is 36.8 Å². The monoisotopic (exact) mass is 222 g/mol. The van der Waals surface area contributed by atoms with Crippen LogP contribution < -0.4 is 5.73 Å². The quantitative estimate of drug-likeness (QED) is 0.854. The maximum atomic E-state index is 12.8. The second-order valence-electron chi connectivity index (χ2n) is 4.74. The fourth-order valence-corrected chi connectivity index (χ4v) is 3.10. The van der Waals surface area contributed by atoms with Gasteiger partial charge < -0.3 is 5.73 Å². The maximum Gasteiger partial charge on any atom is 0.141 e. The van der Waals surface area contributed by atoms with Crippen molar-refractivity contribution < 1.29 is 4.39 Å². The molecule has 0 amide bonds. The molecule has 2 unspecified atom stereocenters. The highest BCUT2D eigenvalue weighted by Gasteiger charge is 2.51. The Morgan fingerprint density at radius 1 is 1.44 bits per heavy atom. The average molecular weight is 222 g/mol. The molecular formula is C13H19FN2. The van der Waals surface area contributed by atoms with Crippen molar-refractivity contribution in [2.75, 3.05) is 0 Å². The summed E-state index contributed by atoms with van der Waals surface area (Å²) in [6, 6.07) is 3.55. The molecule has 0 bridgehead atoms. The van der Waals surface area contributed by atoms with Crippen LogP contribution in [0.2, 0.25) is 0 Å². The summed E-state index contributed by atoms with van der Waals surface area (Å²) in [7, 11) is 0. The Bertz CT molecular complexity index is 357. The zero-order valence-electron chi connectivity index (χ0n) is 9.91. The number of hydrogen-bond donors (Lipinski definition) is 1. The Morgan fingerprint density at radius 3 is 2.56 bits per heavy atom. The summed E-state index contributed by atoms with van der Waals surface area (Å²) in [5.41, 5.74) is 7.30. The zero-order valence-corrected chi connectivity index (χ0v) is 9.91. The number of nitrogens with zero attached hydrogens (tertiary/aromatic N) is 1. The summed E-state index contributed by atoms with van der Waals surface area (Å²) in [5, 5.41) is 0. The van der Waals surface area contributed by atoms with E-state index in [4.69, 9.17) is 5.73 Å². The van der Waals surface area contributed by atoms with Crippen LogP contribution in [-0.2, 0) is 0 Å². The van der Waals surface area contributed by atoms with Crippen LogP contribution in [-0.4, -0.2) is 11.0 Å². The number of nitrogens with two attached hydrogens (primary N) is 1. The van der Waals surface area contributed by atoms with Crippen LogP contribution in [0.3, 0.4) is 0 Å².